The van der Waals surface area contributed by atoms with Gasteiger partial charge in [0.05, 0.1) is 32.3 Å². The zero-order chi connectivity index (χ0) is 15.3. The Bertz CT molecular complexity index is 585. The zero-order valence-corrected chi connectivity index (χ0v) is 12.9. The highest BCUT2D eigenvalue weighted by atomic mass is 16.5. The molecule has 2 rings (SSSR count). The van der Waals surface area contributed by atoms with Gasteiger partial charge in [-0.25, -0.2) is 9.97 Å². The summed E-state index contributed by atoms with van der Waals surface area (Å²) in [6, 6.07) is 6.01. The summed E-state index contributed by atoms with van der Waals surface area (Å²) < 4.78 is 10.6. The lowest BCUT2D eigenvalue weighted by atomic mass is 9.84. The van der Waals surface area contributed by atoms with Crippen molar-refractivity contribution in [2.24, 2.45) is 0 Å². The van der Waals surface area contributed by atoms with Gasteiger partial charge in [0.2, 0.25) is 0 Å². The van der Waals surface area contributed by atoms with Crippen molar-refractivity contribution in [1.29, 1.82) is 0 Å². The van der Waals surface area contributed by atoms with Gasteiger partial charge in [0.25, 0.3) is 0 Å². The van der Waals surface area contributed by atoms with Gasteiger partial charge in [0, 0.05) is 12.0 Å². The maximum atomic E-state index is 5.37. The van der Waals surface area contributed by atoms with Crippen molar-refractivity contribution in [3.8, 4) is 11.5 Å². The number of anilines is 1. The predicted octanol–water partition coefficient (Wildman–Crippen LogP) is 2.88. The summed E-state index contributed by atoms with van der Waals surface area (Å²) in [5.41, 5.74) is 2.01. The first-order chi connectivity index (χ1) is 10.1. The number of nitrogens with zero attached hydrogens (tertiary/aromatic N) is 2. The summed E-state index contributed by atoms with van der Waals surface area (Å²) in [5.74, 6) is 1.48. The minimum absolute atomic E-state index is 0.0740. The molecule has 0 radical (unpaired) electrons. The van der Waals surface area contributed by atoms with E-state index in [1.165, 1.54) is 11.9 Å². The van der Waals surface area contributed by atoms with Crippen LogP contribution in [-0.4, -0.2) is 30.7 Å². The minimum Gasteiger partial charge on any atom is -0.493 e. The molecule has 0 fully saturated rings. The van der Waals surface area contributed by atoms with Crippen LogP contribution in [0.5, 0.6) is 11.5 Å². The maximum Gasteiger partial charge on any atom is 0.161 e. The van der Waals surface area contributed by atoms with Gasteiger partial charge in [0.1, 0.15) is 6.33 Å². The first-order valence-electron chi connectivity index (χ1n) is 6.78. The van der Waals surface area contributed by atoms with Gasteiger partial charge in [-0.3, -0.25) is 0 Å². The van der Waals surface area contributed by atoms with Crippen molar-refractivity contribution in [2.75, 3.05) is 26.1 Å². The molecule has 0 aliphatic heterocycles. The molecule has 1 heterocycles. The van der Waals surface area contributed by atoms with Crippen LogP contribution in [-0.2, 0) is 5.41 Å². The third-order valence-electron chi connectivity index (χ3n) is 3.46. The molecule has 1 aromatic carbocycles. The van der Waals surface area contributed by atoms with Crippen molar-refractivity contribution >= 4 is 5.69 Å². The molecule has 112 valence electrons. The molecule has 0 bridgehead atoms. The van der Waals surface area contributed by atoms with Gasteiger partial charge >= 0.3 is 0 Å². The van der Waals surface area contributed by atoms with Crippen LogP contribution >= 0.6 is 0 Å². The van der Waals surface area contributed by atoms with Crippen LogP contribution in [0, 0.1) is 0 Å². The zero-order valence-electron chi connectivity index (χ0n) is 12.9. The minimum atomic E-state index is -0.0740. The summed E-state index contributed by atoms with van der Waals surface area (Å²) in [7, 11) is 3.29. The molecular weight excluding hydrogens is 266 g/mol. The maximum absolute atomic E-state index is 5.37. The van der Waals surface area contributed by atoms with E-state index in [1.807, 2.05) is 12.1 Å². The van der Waals surface area contributed by atoms with E-state index in [0.717, 1.165) is 23.7 Å². The number of rotatable bonds is 6. The highest BCUT2D eigenvalue weighted by molar-refractivity contribution is 5.46. The first-order valence-corrected chi connectivity index (χ1v) is 6.78. The van der Waals surface area contributed by atoms with Crippen molar-refractivity contribution < 1.29 is 9.47 Å². The monoisotopic (exact) mass is 287 g/mol. The lowest BCUT2D eigenvalue weighted by Gasteiger charge is -2.27. The fourth-order valence-corrected chi connectivity index (χ4v) is 2.07. The van der Waals surface area contributed by atoms with E-state index >= 15 is 0 Å². The van der Waals surface area contributed by atoms with E-state index in [0.29, 0.717) is 0 Å². The number of hydrogen-bond donors (Lipinski definition) is 1. The Morgan fingerprint density at radius 1 is 1.05 bits per heavy atom. The molecule has 5 nitrogen and oxygen atoms in total. The second-order valence-electron chi connectivity index (χ2n) is 5.43. The molecule has 0 unspecified atom stereocenters. The molecule has 0 aliphatic carbocycles. The standard InChI is InChI=1S/C16H21N3O2/c1-16(2,10-19-13-8-17-11-18-9-13)12-5-6-14(20-3)15(7-12)21-4/h5-9,11,19H,10H2,1-4H3. The lowest BCUT2D eigenvalue weighted by Crippen LogP contribution is -2.27. The second kappa shape index (κ2) is 6.43. The molecule has 0 aliphatic rings. The Morgan fingerprint density at radius 2 is 1.71 bits per heavy atom. The number of nitrogens with one attached hydrogen (secondary N) is 1. The third-order valence-corrected chi connectivity index (χ3v) is 3.46. The van der Waals surface area contributed by atoms with Crippen LogP contribution < -0.4 is 14.8 Å². The van der Waals surface area contributed by atoms with E-state index in [9.17, 15) is 0 Å². The van der Waals surface area contributed by atoms with E-state index in [2.05, 4.69) is 35.2 Å². The van der Waals surface area contributed by atoms with Crippen LogP contribution in [0.2, 0.25) is 0 Å². The van der Waals surface area contributed by atoms with Gasteiger partial charge in [-0.15, -0.1) is 0 Å². The Balaban J connectivity index is 2.15. The van der Waals surface area contributed by atoms with Gasteiger partial charge in [-0.1, -0.05) is 19.9 Å². The molecule has 0 amide bonds. The molecular formula is C16H21N3O2. The Labute approximate surface area is 125 Å². The van der Waals surface area contributed by atoms with Crippen molar-refractivity contribution in [2.45, 2.75) is 19.3 Å². The second-order valence-corrected chi connectivity index (χ2v) is 5.43. The molecule has 21 heavy (non-hydrogen) atoms. The SMILES string of the molecule is COc1ccc(C(C)(C)CNc2cncnc2)cc1OC. The van der Waals surface area contributed by atoms with Crippen LogP contribution in [0.25, 0.3) is 0 Å². The fourth-order valence-electron chi connectivity index (χ4n) is 2.07. The summed E-state index contributed by atoms with van der Waals surface area (Å²) in [5, 5.41) is 3.35. The smallest absolute Gasteiger partial charge is 0.161 e. The van der Waals surface area contributed by atoms with Gasteiger partial charge < -0.3 is 14.8 Å². The topological polar surface area (TPSA) is 56.3 Å². The highest BCUT2D eigenvalue weighted by Crippen LogP contribution is 2.33. The van der Waals surface area contributed by atoms with Crippen molar-refractivity contribution in [3.05, 3.63) is 42.5 Å². The van der Waals surface area contributed by atoms with Crippen molar-refractivity contribution in [1.82, 2.24) is 9.97 Å². The molecule has 0 spiro atoms. The summed E-state index contributed by atoms with van der Waals surface area (Å²) >= 11 is 0. The number of hydrogen-bond acceptors (Lipinski definition) is 5. The average Bonchev–Trinajstić information content (AvgIpc) is 2.53. The lowest BCUT2D eigenvalue weighted by molar-refractivity contribution is 0.353. The van der Waals surface area contributed by atoms with Gasteiger partial charge in [-0.05, 0) is 17.7 Å². The molecule has 2 aromatic rings. The van der Waals surface area contributed by atoms with E-state index in [-0.39, 0.29) is 5.41 Å². The molecule has 1 N–H and O–H groups in total. The number of benzene rings is 1. The summed E-state index contributed by atoms with van der Waals surface area (Å²) in [4.78, 5) is 8.00. The Hall–Kier alpha value is -2.30. The van der Waals surface area contributed by atoms with Gasteiger partial charge in [-0.2, -0.15) is 0 Å². The van der Waals surface area contributed by atoms with Crippen molar-refractivity contribution in [3.63, 3.8) is 0 Å². The van der Waals surface area contributed by atoms with Crippen LogP contribution in [0.3, 0.4) is 0 Å². The molecule has 0 saturated carbocycles. The summed E-state index contributed by atoms with van der Waals surface area (Å²) in [6.07, 6.45) is 5.04. The predicted molar refractivity (Wildman–Crippen MR) is 83.1 cm³/mol. The molecule has 5 heteroatoms. The third kappa shape index (κ3) is 3.62. The summed E-state index contributed by atoms with van der Waals surface area (Å²) in [6.45, 7) is 5.10. The molecule has 0 atom stereocenters. The van der Waals surface area contributed by atoms with Crippen LogP contribution in [0.1, 0.15) is 19.4 Å². The first kappa shape index (κ1) is 15.1. The van der Waals surface area contributed by atoms with Crippen LogP contribution in [0.4, 0.5) is 5.69 Å². The quantitative estimate of drug-likeness (QED) is 0.885. The van der Waals surface area contributed by atoms with Gasteiger partial charge in [0.15, 0.2) is 11.5 Å². The van der Waals surface area contributed by atoms with Crippen LogP contribution in [0.15, 0.2) is 36.9 Å². The fraction of sp³-hybridized carbons (Fsp3) is 0.375. The van der Waals surface area contributed by atoms with E-state index in [1.54, 1.807) is 26.6 Å². The number of ether oxygens (including phenoxy) is 2. The number of aromatic nitrogens is 2. The highest BCUT2D eigenvalue weighted by Gasteiger charge is 2.22. The Kier molecular flexibility index (Phi) is 4.62. The molecule has 0 saturated heterocycles. The Morgan fingerprint density at radius 3 is 2.33 bits per heavy atom. The average molecular weight is 287 g/mol. The van der Waals surface area contributed by atoms with E-state index in [4.69, 9.17) is 9.47 Å². The normalized spacial score (nSPS) is 11.0. The van der Waals surface area contributed by atoms with E-state index < -0.39 is 0 Å². The largest absolute Gasteiger partial charge is 0.493 e. The molecule has 1 aromatic heterocycles. The number of methoxy groups -OCH3 is 2.